The lowest BCUT2D eigenvalue weighted by molar-refractivity contribution is 0.410. The second kappa shape index (κ2) is 5.93. The highest BCUT2D eigenvalue weighted by atomic mass is 32.2. The zero-order valence-electron chi connectivity index (χ0n) is 10.3. The minimum Gasteiger partial charge on any atom is -0.496 e. The van der Waals surface area contributed by atoms with E-state index in [1.165, 1.54) is 49.2 Å². The molecule has 2 nitrogen and oxygen atoms in total. The molecule has 0 heterocycles. The molecule has 2 N–H and O–H groups in total. The Hall–Kier alpha value is -1.75. The molecule has 0 bridgehead atoms. The predicted molar refractivity (Wildman–Crippen MR) is 73.3 cm³/mol. The van der Waals surface area contributed by atoms with Gasteiger partial charge in [0.25, 0.3) is 0 Å². The Balaban J connectivity index is 2.18. The van der Waals surface area contributed by atoms with Crippen LogP contribution in [0.5, 0.6) is 5.75 Å². The molecule has 0 radical (unpaired) electrons. The van der Waals surface area contributed by atoms with Crippen molar-refractivity contribution >= 4 is 17.4 Å². The fourth-order valence-corrected chi connectivity index (χ4v) is 2.62. The van der Waals surface area contributed by atoms with Crippen LogP contribution in [0.2, 0.25) is 0 Å². The molecule has 0 aliphatic rings. The van der Waals surface area contributed by atoms with Gasteiger partial charge >= 0.3 is 0 Å². The van der Waals surface area contributed by atoms with Crippen molar-refractivity contribution in [3.8, 4) is 5.75 Å². The van der Waals surface area contributed by atoms with Gasteiger partial charge in [-0.2, -0.15) is 0 Å². The molecule has 0 saturated heterocycles. The number of thioether (sulfide) groups is 1. The van der Waals surface area contributed by atoms with Crippen LogP contribution < -0.4 is 10.5 Å². The SMILES string of the molecule is COc1ccc(F)cc1CSc1cc(F)ccc1N. The molecule has 0 amide bonds. The van der Waals surface area contributed by atoms with E-state index >= 15 is 0 Å². The summed E-state index contributed by atoms with van der Waals surface area (Å²) < 4.78 is 31.5. The quantitative estimate of drug-likeness (QED) is 0.683. The Labute approximate surface area is 114 Å². The smallest absolute Gasteiger partial charge is 0.124 e. The topological polar surface area (TPSA) is 35.2 Å². The van der Waals surface area contributed by atoms with E-state index in [1.807, 2.05) is 0 Å². The maximum Gasteiger partial charge on any atom is 0.124 e. The van der Waals surface area contributed by atoms with Gasteiger partial charge in [-0.05, 0) is 36.4 Å². The first-order valence-electron chi connectivity index (χ1n) is 5.60. The van der Waals surface area contributed by atoms with E-state index < -0.39 is 0 Å². The molecule has 0 aromatic heterocycles. The molecule has 0 saturated carbocycles. The van der Waals surface area contributed by atoms with Crippen molar-refractivity contribution in [2.45, 2.75) is 10.6 Å². The summed E-state index contributed by atoms with van der Waals surface area (Å²) >= 11 is 1.34. The molecule has 0 atom stereocenters. The molecule has 2 aromatic carbocycles. The van der Waals surface area contributed by atoms with E-state index in [-0.39, 0.29) is 11.6 Å². The van der Waals surface area contributed by atoms with Gasteiger partial charge in [0.2, 0.25) is 0 Å². The molecule has 2 rings (SSSR count). The molecule has 19 heavy (non-hydrogen) atoms. The molecule has 5 heteroatoms. The summed E-state index contributed by atoms with van der Waals surface area (Å²) in [5.41, 5.74) is 6.97. The summed E-state index contributed by atoms with van der Waals surface area (Å²) in [6.07, 6.45) is 0. The Kier molecular flexibility index (Phi) is 4.27. The third-order valence-corrected chi connectivity index (χ3v) is 3.72. The second-order valence-electron chi connectivity index (χ2n) is 3.93. The van der Waals surface area contributed by atoms with Crippen LogP contribution in [0.1, 0.15) is 5.56 Å². The lowest BCUT2D eigenvalue weighted by atomic mass is 10.2. The van der Waals surface area contributed by atoms with Crippen molar-refractivity contribution in [1.82, 2.24) is 0 Å². The number of hydrogen-bond donors (Lipinski definition) is 1. The van der Waals surface area contributed by atoms with Gasteiger partial charge in [-0.15, -0.1) is 11.8 Å². The zero-order chi connectivity index (χ0) is 13.8. The molecule has 2 aromatic rings. The highest BCUT2D eigenvalue weighted by molar-refractivity contribution is 7.98. The number of methoxy groups -OCH3 is 1. The average Bonchev–Trinajstić information content (AvgIpc) is 2.40. The van der Waals surface area contributed by atoms with Crippen LogP contribution in [0.25, 0.3) is 0 Å². The molecule has 0 fully saturated rings. The van der Waals surface area contributed by atoms with Gasteiger partial charge in [0.15, 0.2) is 0 Å². The van der Waals surface area contributed by atoms with Crippen molar-refractivity contribution in [2.24, 2.45) is 0 Å². The van der Waals surface area contributed by atoms with Crippen molar-refractivity contribution in [3.05, 3.63) is 53.6 Å². The number of rotatable bonds is 4. The first-order chi connectivity index (χ1) is 9.10. The van der Waals surface area contributed by atoms with E-state index in [0.717, 1.165) is 0 Å². The second-order valence-corrected chi connectivity index (χ2v) is 4.94. The van der Waals surface area contributed by atoms with Crippen LogP contribution in [0.3, 0.4) is 0 Å². The number of nitrogen functional groups attached to an aromatic ring is 1. The highest BCUT2D eigenvalue weighted by Crippen LogP contribution is 2.32. The van der Waals surface area contributed by atoms with E-state index in [9.17, 15) is 8.78 Å². The molecule has 0 unspecified atom stereocenters. The maximum atomic E-state index is 13.2. The zero-order valence-corrected chi connectivity index (χ0v) is 11.1. The summed E-state index contributed by atoms with van der Waals surface area (Å²) in [5, 5.41) is 0. The molecular weight excluding hydrogens is 268 g/mol. The summed E-state index contributed by atoms with van der Waals surface area (Å²) in [5.74, 6) is 0.379. The monoisotopic (exact) mass is 281 g/mol. The normalized spacial score (nSPS) is 10.5. The Bertz CT molecular complexity index is 590. The van der Waals surface area contributed by atoms with Crippen LogP contribution in [-0.4, -0.2) is 7.11 Å². The van der Waals surface area contributed by atoms with Crippen LogP contribution in [0.15, 0.2) is 41.3 Å². The Morgan fingerprint density at radius 1 is 1.11 bits per heavy atom. The summed E-state index contributed by atoms with van der Waals surface area (Å²) in [7, 11) is 1.53. The van der Waals surface area contributed by atoms with E-state index in [2.05, 4.69) is 0 Å². The van der Waals surface area contributed by atoms with Gasteiger partial charge in [-0.1, -0.05) is 0 Å². The van der Waals surface area contributed by atoms with Crippen molar-refractivity contribution in [3.63, 3.8) is 0 Å². The first kappa shape index (κ1) is 13.7. The summed E-state index contributed by atoms with van der Waals surface area (Å²) in [6, 6.07) is 8.50. The lowest BCUT2D eigenvalue weighted by Gasteiger charge is -2.09. The van der Waals surface area contributed by atoms with Crippen molar-refractivity contribution in [2.75, 3.05) is 12.8 Å². The van der Waals surface area contributed by atoms with Gasteiger partial charge < -0.3 is 10.5 Å². The van der Waals surface area contributed by atoms with Crippen LogP contribution >= 0.6 is 11.8 Å². The number of benzene rings is 2. The van der Waals surface area contributed by atoms with Gasteiger partial charge in [-0.3, -0.25) is 0 Å². The number of anilines is 1. The molecule has 0 aliphatic carbocycles. The number of nitrogens with two attached hydrogens (primary N) is 1. The first-order valence-corrected chi connectivity index (χ1v) is 6.59. The lowest BCUT2D eigenvalue weighted by Crippen LogP contribution is -1.93. The molecule has 0 spiro atoms. The van der Waals surface area contributed by atoms with E-state index in [0.29, 0.717) is 27.6 Å². The molecular formula is C14H13F2NOS. The molecule has 100 valence electrons. The minimum absolute atomic E-state index is 0.330. The number of halogens is 2. The summed E-state index contributed by atoms with van der Waals surface area (Å²) in [4.78, 5) is 0.631. The highest BCUT2D eigenvalue weighted by Gasteiger charge is 2.07. The Morgan fingerprint density at radius 3 is 2.53 bits per heavy atom. The third kappa shape index (κ3) is 3.38. The van der Waals surface area contributed by atoms with Crippen molar-refractivity contribution in [1.29, 1.82) is 0 Å². The fourth-order valence-electron chi connectivity index (χ4n) is 1.65. The number of ether oxygens (including phenoxy) is 1. The van der Waals surface area contributed by atoms with Crippen LogP contribution in [0.4, 0.5) is 14.5 Å². The number of hydrogen-bond acceptors (Lipinski definition) is 3. The van der Waals surface area contributed by atoms with E-state index in [4.69, 9.17) is 10.5 Å². The maximum absolute atomic E-state index is 13.2. The largest absolute Gasteiger partial charge is 0.496 e. The Morgan fingerprint density at radius 2 is 1.79 bits per heavy atom. The summed E-state index contributed by atoms with van der Waals surface area (Å²) in [6.45, 7) is 0. The average molecular weight is 281 g/mol. The van der Waals surface area contributed by atoms with Crippen LogP contribution in [0, 0.1) is 11.6 Å². The van der Waals surface area contributed by atoms with Crippen LogP contribution in [-0.2, 0) is 5.75 Å². The van der Waals surface area contributed by atoms with Gasteiger partial charge in [0.1, 0.15) is 17.4 Å². The standard InChI is InChI=1S/C14H13F2NOS/c1-18-13-5-3-10(15)6-9(13)8-19-14-7-11(16)2-4-12(14)17/h2-7H,8,17H2,1H3. The van der Waals surface area contributed by atoms with Gasteiger partial charge in [0.05, 0.1) is 7.11 Å². The van der Waals surface area contributed by atoms with E-state index in [1.54, 1.807) is 6.07 Å². The predicted octanol–water partition coefficient (Wildman–Crippen LogP) is 3.85. The van der Waals surface area contributed by atoms with Crippen molar-refractivity contribution < 1.29 is 13.5 Å². The van der Waals surface area contributed by atoms with Gasteiger partial charge in [-0.25, -0.2) is 8.78 Å². The third-order valence-electron chi connectivity index (χ3n) is 2.60. The fraction of sp³-hybridized carbons (Fsp3) is 0.143. The molecule has 0 aliphatic heterocycles. The van der Waals surface area contributed by atoms with Gasteiger partial charge in [0, 0.05) is 21.9 Å². The minimum atomic E-state index is -0.345.